The van der Waals surface area contributed by atoms with Crippen LogP contribution in [0.1, 0.15) is 38.2 Å². The van der Waals surface area contributed by atoms with Crippen molar-refractivity contribution in [3.05, 3.63) is 118 Å². The number of methoxy groups -OCH3 is 2. The number of ether oxygens (including phenoxy) is 2. The molecule has 1 aliphatic rings. The van der Waals surface area contributed by atoms with Crippen molar-refractivity contribution in [2.45, 2.75) is 18.3 Å². The summed E-state index contributed by atoms with van der Waals surface area (Å²) in [5, 5.41) is 0. The maximum absolute atomic E-state index is 14.1. The van der Waals surface area contributed by atoms with E-state index >= 15 is 0 Å². The van der Waals surface area contributed by atoms with E-state index in [4.69, 9.17) is 9.47 Å². The molecule has 2 heterocycles. The zero-order valence-electron chi connectivity index (χ0n) is 19.2. The lowest BCUT2D eigenvalue weighted by Gasteiger charge is -2.41. The van der Waals surface area contributed by atoms with Crippen molar-refractivity contribution in [3.63, 3.8) is 0 Å². The van der Waals surface area contributed by atoms with Crippen LogP contribution in [0.4, 0.5) is 8.78 Å². The lowest BCUT2D eigenvalue weighted by molar-refractivity contribution is 0.102. The van der Waals surface area contributed by atoms with Crippen LogP contribution in [0.3, 0.4) is 0 Å². The molecule has 1 aliphatic carbocycles. The number of hydrogen-bond donors (Lipinski definition) is 0. The van der Waals surface area contributed by atoms with Crippen LogP contribution in [0.2, 0.25) is 0 Å². The largest absolute Gasteiger partial charge is 0.497 e. The van der Waals surface area contributed by atoms with Crippen LogP contribution >= 0.6 is 0 Å². The number of nitrogens with zero attached hydrogens (tertiary/aromatic N) is 2. The number of pyridine rings is 2. The first kappa shape index (κ1) is 22.7. The molecule has 2 aromatic carbocycles. The predicted octanol–water partition coefficient (Wildman–Crippen LogP) is 5.09. The van der Waals surface area contributed by atoms with Gasteiger partial charge >= 0.3 is 0 Å². The normalized spacial score (nSPS) is 13.7. The SMILES string of the molecule is COc1ccc2c(c1)C(=O)c1ccc(OC)cc1C2(Cc1ccnc(F)c1)Cc1ccnc(F)c1. The van der Waals surface area contributed by atoms with E-state index in [1.807, 2.05) is 12.1 Å². The first-order valence-corrected chi connectivity index (χ1v) is 11.1. The van der Waals surface area contributed by atoms with Gasteiger partial charge in [0, 0.05) is 28.9 Å². The van der Waals surface area contributed by atoms with E-state index in [0.717, 1.165) is 11.1 Å². The molecule has 0 saturated heterocycles. The summed E-state index contributed by atoms with van der Waals surface area (Å²) >= 11 is 0. The van der Waals surface area contributed by atoms with Gasteiger partial charge in [0.1, 0.15) is 11.5 Å². The van der Waals surface area contributed by atoms with Gasteiger partial charge in [-0.3, -0.25) is 4.79 Å². The average molecular weight is 472 g/mol. The van der Waals surface area contributed by atoms with Gasteiger partial charge in [0.25, 0.3) is 0 Å². The highest BCUT2D eigenvalue weighted by Crippen LogP contribution is 2.48. The third-order valence-corrected chi connectivity index (χ3v) is 6.57. The lowest BCUT2D eigenvalue weighted by Crippen LogP contribution is -2.40. The molecule has 0 aliphatic heterocycles. The fraction of sp³-hybridized carbons (Fsp3) is 0.179. The van der Waals surface area contributed by atoms with E-state index in [2.05, 4.69) is 9.97 Å². The van der Waals surface area contributed by atoms with Crippen LogP contribution < -0.4 is 9.47 Å². The van der Waals surface area contributed by atoms with Crippen LogP contribution in [0.5, 0.6) is 11.5 Å². The standard InChI is InChI=1S/C28H22F2N2O3/c1-34-19-4-6-23-22(13-19)27(33)21-5-3-20(35-2)14-24(21)28(23,15-17-7-9-31-25(29)11-17)16-18-8-10-32-26(30)12-18/h3-14H,15-16H2,1-2H3. The molecular formula is C28H22F2N2O3. The quantitative estimate of drug-likeness (QED) is 0.366. The minimum absolute atomic E-state index is 0.144. The number of carbonyl (C=O) groups excluding carboxylic acids is 1. The smallest absolute Gasteiger partial charge is 0.213 e. The van der Waals surface area contributed by atoms with Crippen molar-refractivity contribution in [1.29, 1.82) is 0 Å². The van der Waals surface area contributed by atoms with Crippen molar-refractivity contribution in [2.75, 3.05) is 14.2 Å². The Kier molecular flexibility index (Phi) is 5.76. The lowest BCUT2D eigenvalue weighted by atomic mass is 9.61. The Balaban J connectivity index is 1.83. The van der Waals surface area contributed by atoms with E-state index in [9.17, 15) is 13.6 Å². The maximum atomic E-state index is 14.1. The second-order valence-electron chi connectivity index (χ2n) is 8.56. The Bertz CT molecular complexity index is 1390. The summed E-state index contributed by atoms with van der Waals surface area (Å²) in [4.78, 5) is 21.0. The first-order chi connectivity index (χ1) is 16.9. The third kappa shape index (κ3) is 4.03. The van der Waals surface area contributed by atoms with Crippen molar-refractivity contribution in [1.82, 2.24) is 9.97 Å². The molecule has 7 heteroatoms. The maximum Gasteiger partial charge on any atom is 0.213 e. The van der Waals surface area contributed by atoms with Crippen molar-refractivity contribution < 1.29 is 23.0 Å². The molecule has 176 valence electrons. The summed E-state index contributed by atoms with van der Waals surface area (Å²) in [6.45, 7) is 0. The Morgan fingerprint density at radius 3 is 1.86 bits per heavy atom. The second-order valence-corrected chi connectivity index (χ2v) is 8.56. The fourth-order valence-corrected chi connectivity index (χ4v) is 5.04. The number of ketones is 1. The molecule has 2 aromatic heterocycles. The zero-order chi connectivity index (χ0) is 24.6. The summed E-state index contributed by atoms with van der Waals surface area (Å²) in [5.41, 5.74) is 3.02. The van der Waals surface area contributed by atoms with Crippen molar-refractivity contribution in [3.8, 4) is 11.5 Å². The molecule has 0 bridgehead atoms. The molecule has 0 amide bonds. The summed E-state index contributed by atoms with van der Waals surface area (Å²) in [7, 11) is 3.10. The number of carbonyl (C=O) groups is 1. The Hall–Kier alpha value is -4.13. The highest BCUT2D eigenvalue weighted by atomic mass is 19.1. The van der Waals surface area contributed by atoms with E-state index in [-0.39, 0.29) is 5.78 Å². The van der Waals surface area contributed by atoms with Gasteiger partial charge in [-0.15, -0.1) is 0 Å². The minimum atomic E-state index is -0.846. The molecular weight excluding hydrogens is 450 g/mol. The number of rotatable bonds is 6. The molecule has 4 aromatic rings. The summed E-state index contributed by atoms with van der Waals surface area (Å²) < 4.78 is 39.2. The molecule has 0 unspecified atom stereocenters. The second kappa shape index (κ2) is 8.91. The van der Waals surface area contributed by atoms with Gasteiger partial charge < -0.3 is 9.47 Å². The van der Waals surface area contributed by atoms with Crippen LogP contribution in [0.25, 0.3) is 0 Å². The third-order valence-electron chi connectivity index (χ3n) is 6.57. The number of benzene rings is 2. The topological polar surface area (TPSA) is 61.3 Å². The van der Waals surface area contributed by atoms with Crippen LogP contribution in [0.15, 0.2) is 73.1 Å². The zero-order valence-corrected chi connectivity index (χ0v) is 19.2. The Morgan fingerprint density at radius 2 is 1.29 bits per heavy atom. The van der Waals surface area contributed by atoms with E-state index in [1.54, 1.807) is 50.6 Å². The monoisotopic (exact) mass is 472 g/mol. The molecule has 0 N–H and O–H groups in total. The molecule has 0 fully saturated rings. The van der Waals surface area contributed by atoms with Gasteiger partial charge in [0.15, 0.2) is 5.78 Å². The molecule has 5 nitrogen and oxygen atoms in total. The minimum Gasteiger partial charge on any atom is -0.497 e. The van der Waals surface area contributed by atoms with Gasteiger partial charge in [-0.25, -0.2) is 9.97 Å². The molecule has 0 spiro atoms. The summed E-state index contributed by atoms with van der Waals surface area (Å²) in [6.07, 6.45) is 3.51. The molecule has 5 rings (SSSR count). The van der Waals surface area contributed by atoms with E-state index in [1.165, 1.54) is 24.5 Å². The highest BCUT2D eigenvalue weighted by molar-refractivity contribution is 6.13. The molecule has 0 atom stereocenters. The van der Waals surface area contributed by atoms with Gasteiger partial charge in [-0.2, -0.15) is 8.78 Å². The molecule has 0 radical (unpaired) electrons. The van der Waals surface area contributed by atoms with Crippen molar-refractivity contribution >= 4 is 5.78 Å². The summed E-state index contributed by atoms with van der Waals surface area (Å²) in [6, 6.07) is 17.0. The van der Waals surface area contributed by atoms with Gasteiger partial charge in [0.2, 0.25) is 11.9 Å². The molecule has 0 saturated carbocycles. The number of fused-ring (bicyclic) bond motifs is 2. The highest BCUT2D eigenvalue weighted by Gasteiger charge is 2.44. The van der Waals surface area contributed by atoms with E-state index in [0.29, 0.717) is 46.6 Å². The van der Waals surface area contributed by atoms with Gasteiger partial charge in [-0.1, -0.05) is 6.07 Å². The summed E-state index contributed by atoms with van der Waals surface area (Å²) in [5.74, 6) is -0.206. The Labute approximate surface area is 201 Å². The first-order valence-electron chi connectivity index (χ1n) is 11.1. The number of halogens is 2. The van der Waals surface area contributed by atoms with Crippen LogP contribution in [-0.2, 0) is 18.3 Å². The number of aromatic nitrogens is 2. The number of hydrogen-bond acceptors (Lipinski definition) is 5. The predicted molar refractivity (Wildman–Crippen MR) is 126 cm³/mol. The fourth-order valence-electron chi connectivity index (χ4n) is 5.04. The Morgan fingerprint density at radius 1 is 0.714 bits per heavy atom. The average Bonchev–Trinajstić information content (AvgIpc) is 2.86. The van der Waals surface area contributed by atoms with Crippen LogP contribution in [-0.4, -0.2) is 30.0 Å². The van der Waals surface area contributed by atoms with Crippen molar-refractivity contribution in [2.24, 2.45) is 0 Å². The van der Waals surface area contributed by atoms with Gasteiger partial charge in [-0.05, 0) is 89.7 Å². The van der Waals surface area contributed by atoms with Crippen LogP contribution in [0, 0.1) is 11.9 Å². The molecule has 35 heavy (non-hydrogen) atoms. The van der Waals surface area contributed by atoms with Gasteiger partial charge in [0.05, 0.1) is 14.2 Å². The van der Waals surface area contributed by atoms with E-state index < -0.39 is 17.3 Å².